The Hall–Kier alpha value is -2.01. The van der Waals surface area contributed by atoms with Crippen LogP contribution >= 0.6 is 22.9 Å². The van der Waals surface area contributed by atoms with Crippen LogP contribution in [0.1, 0.15) is 17.0 Å². The molecule has 1 N–H and O–H groups in total. The largest absolute Gasteiger partial charge is 0.416 e. The number of nitrogens with one attached hydrogen (secondary N) is 1. The summed E-state index contributed by atoms with van der Waals surface area (Å²) >= 11 is 7.25. The average molecular weight is 462 g/mol. The first-order chi connectivity index (χ1) is 13.7. The molecule has 0 aliphatic rings. The van der Waals surface area contributed by atoms with Gasteiger partial charge in [-0.25, -0.2) is 18.1 Å². The zero-order chi connectivity index (χ0) is 21.1. The molecular weight excluding hydrogens is 447 g/mol. The van der Waals surface area contributed by atoms with Gasteiger partial charge >= 0.3 is 6.18 Å². The second-order valence-corrected chi connectivity index (χ2v) is 9.09. The van der Waals surface area contributed by atoms with Gasteiger partial charge in [-0.15, -0.1) is 11.3 Å². The molecule has 0 saturated heterocycles. The quantitative estimate of drug-likeness (QED) is 0.513. The Morgan fingerprint density at radius 2 is 1.86 bits per heavy atom. The van der Waals surface area contributed by atoms with E-state index in [9.17, 15) is 21.6 Å². The Bertz CT molecular complexity index is 1090. The van der Waals surface area contributed by atoms with Crippen LogP contribution in [0.5, 0.6) is 0 Å². The molecule has 0 fully saturated rings. The van der Waals surface area contributed by atoms with E-state index in [4.69, 9.17) is 11.6 Å². The summed E-state index contributed by atoms with van der Waals surface area (Å²) in [6, 6.07) is 5.88. The van der Waals surface area contributed by atoms with Gasteiger partial charge in [-0.3, -0.25) is 4.98 Å². The summed E-state index contributed by atoms with van der Waals surface area (Å²) < 4.78 is 65.5. The summed E-state index contributed by atoms with van der Waals surface area (Å²) in [5.74, 6) is 0. The second kappa shape index (κ2) is 8.78. The Morgan fingerprint density at radius 1 is 1.14 bits per heavy atom. The topological polar surface area (TPSA) is 72.0 Å². The predicted molar refractivity (Wildman–Crippen MR) is 105 cm³/mol. The van der Waals surface area contributed by atoms with Gasteiger partial charge in [-0.1, -0.05) is 11.6 Å². The van der Waals surface area contributed by atoms with E-state index >= 15 is 0 Å². The normalized spacial score (nSPS) is 12.3. The van der Waals surface area contributed by atoms with Crippen LogP contribution in [-0.2, 0) is 22.6 Å². The summed E-state index contributed by atoms with van der Waals surface area (Å²) in [5, 5.41) is 2.46. The van der Waals surface area contributed by atoms with E-state index in [-0.39, 0.29) is 11.6 Å². The first-order valence-electron chi connectivity index (χ1n) is 8.38. The van der Waals surface area contributed by atoms with Crippen LogP contribution in [0.25, 0.3) is 11.3 Å². The van der Waals surface area contributed by atoms with Crippen LogP contribution in [0.3, 0.4) is 0 Å². The van der Waals surface area contributed by atoms with Crippen LogP contribution < -0.4 is 4.72 Å². The van der Waals surface area contributed by atoms with E-state index in [1.807, 2.05) is 17.5 Å². The van der Waals surface area contributed by atoms with Crippen molar-refractivity contribution < 1.29 is 21.6 Å². The number of aromatic nitrogens is 2. The highest BCUT2D eigenvalue weighted by Crippen LogP contribution is 2.33. The number of hydrogen-bond donors (Lipinski definition) is 1. The van der Waals surface area contributed by atoms with E-state index in [0.29, 0.717) is 18.9 Å². The minimum absolute atomic E-state index is 0.0408. The number of alkyl halides is 3. The molecule has 0 spiro atoms. The van der Waals surface area contributed by atoms with Crippen LogP contribution in [0, 0.1) is 0 Å². The lowest BCUT2D eigenvalue weighted by Gasteiger charge is -2.11. The molecule has 0 bridgehead atoms. The zero-order valence-electron chi connectivity index (χ0n) is 14.8. The molecule has 0 aliphatic heterocycles. The molecule has 11 heteroatoms. The van der Waals surface area contributed by atoms with Crippen molar-refractivity contribution >= 4 is 33.0 Å². The zero-order valence-corrected chi connectivity index (χ0v) is 17.2. The molecular formula is C18H15ClF3N3O2S2. The third-order valence-electron chi connectivity index (χ3n) is 3.94. The van der Waals surface area contributed by atoms with E-state index in [2.05, 4.69) is 14.7 Å². The Labute approximate surface area is 174 Å². The van der Waals surface area contributed by atoms with Crippen molar-refractivity contribution in [3.8, 4) is 11.3 Å². The first-order valence-corrected chi connectivity index (χ1v) is 11.1. The summed E-state index contributed by atoms with van der Waals surface area (Å²) in [6.07, 6.45) is -0.371. The highest BCUT2D eigenvalue weighted by molar-refractivity contribution is 7.89. The summed E-state index contributed by atoms with van der Waals surface area (Å²) in [6.45, 7) is 0.0408. The van der Waals surface area contributed by atoms with Crippen molar-refractivity contribution in [1.82, 2.24) is 14.7 Å². The number of sulfonamides is 1. The molecule has 3 aromatic rings. The van der Waals surface area contributed by atoms with Crippen molar-refractivity contribution in [1.29, 1.82) is 0 Å². The monoisotopic (exact) mass is 461 g/mol. The number of benzene rings is 1. The maximum absolute atomic E-state index is 12.8. The molecule has 154 valence electrons. The number of halogens is 4. The standard InChI is InChI=1S/C18H15ClF3N3O2S2/c19-14-4-3-13(18(20,21)22)10-16(14)29(26,27)24-7-1-2-17-25-15(11-28-17)12-5-8-23-9-6-12/h3-6,8-11,24H,1-2,7H2. The lowest BCUT2D eigenvalue weighted by Crippen LogP contribution is -2.26. The highest BCUT2D eigenvalue weighted by atomic mass is 35.5. The average Bonchev–Trinajstić information content (AvgIpc) is 3.14. The number of nitrogens with zero attached hydrogens (tertiary/aromatic N) is 2. The molecule has 3 rings (SSSR count). The molecule has 29 heavy (non-hydrogen) atoms. The number of aryl methyl sites for hydroxylation is 1. The van der Waals surface area contributed by atoms with Gasteiger partial charge in [0.15, 0.2) is 0 Å². The van der Waals surface area contributed by atoms with Crippen LogP contribution in [0.2, 0.25) is 5.02 Å². The molecule has 0 saturated carbocycles. The SMILES string of the molecule is O=S(=O)(NCCCc1nc(-c2ccncc2)cs1)c1cc(C(F)(F)F)ccc1Cl. The highest BCUT2D eigenvalue weighted by Gasteiger charge is 2.32. The molecule has 0 radical (unpaired) electrons. The van der Waals surface area contributed by atoms with Crippen molar-refractivity contribution in [2.24, 2.45) is 0 Å². The maximum atomic E-state index is 12.8. The predicted octanol–water partition coefficient (Wildman–Crippen LogP) is 4.79. The van der Waals surface area contributed by atoms with Crippen LogP contribution in [-0.4, -0.2) is 24.9 Å². The van der Waals surface area contributed by atoms with E-state index < -0.39 is 26.7 Å². The van der Waals surface area contributed by atoms with Gasteiger partial charge in [0.05, 0.1) is 21.3 Å². The Kier molecular flexibility index (Phi) is 6.57. The molecule has 0 amide bonds. The van der Waals surface area contributed by atoms with Gasteiger partial charge in [0.25, 0.3) is 0 Å². The number of rotatable bonds is 7. The van der Waals surface area contributed by atoms with Crippen molar-refractivity contribution in [2.75, 3.05) is 6.54 Å². The van der Waals surface area contributed by atoms with Gasteiger partial charge in [-0.05, 0) is 36.8 Å². The summed E-state index contributed by atoms with van der Waals surface area (Å²) in [5.41, 5.74) is 0.667. The number of thiazole rings is 1. The maximum Gasteiger partial charge on any atom is 0.416 e. The first kappa shape index (κ1) is 21.7. The second-order valence-electron chi connectivity index (χ2n) is 6.01. The molecule has 0 atom stereocenters. The van der Waals surface area contributed by atoms with Crippen molar-refractivity contribution in [2.45, 2.75) is 23.9 Å². The van der Waals surface area contributed by atoms with Crippen LogP contribution in [0.4, 0.5) is 13.2 Å². The summed E-state index contributed by atoms with van der Waals surface area (Å²) in [7, 11) is -4.17. The molecule has 2 aromatic heterocycles. The molecule has 1 aromatic carbocycles. The Morgan fingerprint density at radius 3 is 2.55 bits per heavy atom. The van der Waals surface area contributed by atoms with Gasteiger partial charge in [-0.2, -0.15) is 13.2 Å². The number of pyridine rings is 1. The number of hydrogen-bond acceptors (Lipinski definition) is 5. The van der Waals surface area contributed by atoms with E-state index in [0.717, 1.165) is 28.4 Å². The Balaban J connectivity index is 1.60. The minimum atomic E-state index is -4.66. The lowest BCUT2D eigenvalue weighted by molar-refractivity contribution is -0.137. The molecule has 0 aliphatic carbocycles. The molecule has 0 unspecified atom stereocenters. The van der Waals surface area contributed by atoms with Gasteiger partial charge < -0.3 is 0 Å². The third kappa shape index (κ3) is 5.53. The van der Waals surface area contributed by atoms with Crippen molar-refractivity contribution in [3.63, 3.8) is 0 Å². The van der Waals surface area contributed by atoms with E-state index in [1.54, 1.807) is 12.4 Å². The van der Waals surface area contributed by atoms with E-state index in [1.165, 1.54) is 11.3 Å². The van der Waals surface area contributed by atoms with Gasteiger partial charge in [0.1, 0.15) is 4.90 Å². The smallest absolute Gasteiger partial charge is 0.265 e. The molecule has 5 nitrogen and oxygen atoms in total. The summed E-state index contributed by atoms with van der Waals surface area (Å²) in [4.78, 5) is 7.85. The fourth-order valence-corrected chi connectivity index (χ4v) is 4.94. The minimum Gasteiger partial charge on any atom is -0.265 e. The fraction of sp³-hybridized carbons (Fsp3) is 0.222. The van der Waals surface area contributed by atoms with Gasteiger partial charge in [0.2, 0.25) is 10.0 Å². The third-order valence-corrected chi connectivity index (χ3v) is 6.79. The van der Waals surface area contributed by atoms with Crippen molar-refractivity contribution in [3.05, 3.63) is 63.7 Å². The van der Waals surface area contributed by atoms with Crippen LogP contribution in [0.15, 0.2) is 53.0 Å². The fourth-order valence-electron chi connectivity index (χ4n) is 2.49. The lowest BCUT2D eigenvalue weighted by atomic mass is 10.2. The molecule has 2 heterocycles. The van der Waals surface area contributed by atoms with Gasteiger partial charge in [0, 0.05) is 36.3 Å².